The van der Waals surface area contributed by atoms with Gasteiger partial charge in [-0.3, -0.25) is 9.59 Å². The summed E-state index contributed by atoms with van der Waals surface area (Å²) in [7, 11) is 0. The van der Waals surface area contributed by atoms with E-state index in [4.69, 9.17) is 16.6 Å². The van der Waals surface area contributed by atoms with Crippen LogP contribution in [0.3, 0.4) is 0 Å². The number of carbonyl (C=O) groups excluding carboxylic acids is 2. The number of nitrogens with one attached hydrogen (secondary N) is 3. The lowest BCUT2D eigenvalue weighted by Gasteiger charge is -2.13. The Balaban J connectivity index is 0.000000547. The van der Waals surface area contributed by atoms with Crippen LogP contribution in [0.1, 0.15) is 19.0 Å². The molecule has 0 fully saturated rings. The number of nitrogens with zero attached hydrogens (tertiary/aromatic N) is 1. The fourth-order valence-corrected chi connectivity index (χ4v) is 1.55. The van der Waals surface area contributed by atoms with Crippen molar-refractivity contribution in [2.75, 3.05) is 19.6 Å². The fourth-order valence-electron chi connectivity index (χ4n) is 1.55. The van der Waals surface area contributed by atoms with Crippen LogP contribution in [-0.4, -0.2) is 58.5 Å². The van der Waals surface area contributed by atoms with Crippen molar-refractivity contribution in [3.05, 3.63) is 30.4 Å². The van der Waals surface area contributed by atoms with Gasteiger partial charge in [-0.25, -0.2) is 9.78 Å². The molecule has 1 aromatic heterocycles. The van der Waals surface area contributed by atoms with Crippen molar-refractivity contribution >= 4 is 17.8 Å². The highest BCUT2D eigenvalue weighted by molar-refractivity contribution is 5.92. The SMILES string of the molecule is C=C(C)C(=O)NCCN.NCCC(=O)NC(Cc1cnc[nH]1)C(=O)O. The molecule has 25 heavy (non-hydrogen) atoms. The number of hydrogen-bond donors (Lipinski definition) is 6. The largest absolute Gasteiger partial charge is 0.480 e. The Labute approximate surface area is 146 Å². The van der Waals surface area contributed by atoms with Gasteiger partial charge in [0.05, 0.1) is 6.33 Å². The lowest BCUT2D eigenvalue weighted by Crippen LogP contribution is -2.42. The normalized spacial score (nSPS) is 10.8. The summed E-state index contributed by atoms with van der Waals surface area (Å²) in [6.45, 7) is 6.30. The van der Waals surface area contributed by atoms with Gasteiger partial charge in [-0.2, -0.15) is 0 Å². The molecule has 10 nitrogen and oxygen atoms in total. The van der Waals surface area contributed by atoms with Crippen LogP contribution < -0.4 is 22.1 Å². The molecule has 0 bridgehead atoms. The summed E-state index contributed by atoms with van der Waals surface area (Å²) in [5.74, 6) is -1.57. The second-order valence-corrected chi connectivity index (χ2v) is 5.10. The predicted octanol–water partition coefficient (Wildman–Crippen LogP) is -1.49. The fraction of sp³-hybridized carbons (Fsp3) is 0.467. The van der Waals surface area contributed by atoms with E-state index in [2.05, 4.69) is 27.2 Å². The summed E-state index contributed by atoms with van der Waals surface area (Å²) in [6, 6.07) is -0.959. The lowest BCUT2D eigenvalue weighted by atomic mass is 10.1. The number of imidazole rings is 1. The number of carbonyl (C=O) groups is 3. The monoisotopic (exact) mass is 354 g/mol. The first-order valence-electron chi connectivity index (χ1n) is 7.65. The van der Waals surface area contributed by atoms with Crippen LogP contribution in [0.4, 0.5) is 0 Å². The van der Waals surface area contributed by atoms with Crippen LogP contribution in [0.2, 0.25) is 0 Å². The number of nitrogens with two attached hydrogens (primary N) is 2. The van der Waals surface area contributed by atoms with E-state index in [1.165, 1.54) is 12.5 Å². The van der Waals surface area contributed by atoms with Crippen LogP contribution in [0.15, 0.2) is 24.7 Å². The number of rotatable bonds is 9. The number of amides is 2. The molecule has 0 aliphatic rings. The molecule has 0 radical (unpaired) electrons. The van der Waals surface area contributed by atoms with Gasteiger partial charge in [0.1, 0.15) is 6.04 Å². The molecule has 1 unspecified atom stereocenters. The molecule has 140 valence electrons. The predicted molar refractivity (Wildman–Crippen MR) is 92.4 cm³/mol. The molecule has 10 heteroatoms. The molecule has 2 amide bonds. The first kappa shape index (κ1) is 22.3. The highest BCUT2D eigenvalue weighted by Crippen LogP contribution is 1.99. The third kappa shape index (κ3) is 10.6. The Morgan fingerprint density at radius 2 is 2.04 bits per heavy atom. The van der Waals surface area contributed by atoms with Crippen molar-refractivity contribution in [2.45, 2.75) is 25.8 Å². The molecule has 1 rings (SSSR count). The Bertz CT molecular complexity index is 558. The number of aromatic amines is 1. The summed E-state index contributed by atoms with van der Waals surface area (Å²) >= 11 is 0. The highest BCUT2D eigenvalue weighted by Gasteiger charge is 2.20. The third-order valence-corrected chi connectivity index (χ3v) is 2.80. The Hall–Kier alpha value is -2.72. The highest BCUT2D eigenvalue weighted by atomic mass is 16.4. The van der Waals surface area contributed by atoms with Gasteiger partial charge in [-0.15, -0.1) is 0 Å². The topological polar surface area (TPSA) is 176 Å². The zero-order valence-electron chi connectivity index (χ0n) is 14.2. The van der Waals surface area contributed by atoms with Gasteiger partial charge in [-0.1, -0.05) is 6.58 Å². The van der Waals surface area contributed by atoms with Crippen molar-refractivity contribution in [3.63, 3.8) is 0 Å². The molecule has 1 heterocycles. The van der Waals surface area contributed by atoms with Crippen LogP contribution in [0, 0.1) is 0 Å². The van der Waals surface area contributed by atoms with E-state index in [9.17, 15) is 14.4 Å². The molecule has 0 aliphatic heterocycles. The summed E-state index contributed by atoms with van der Waals surface area (Å²) in [5.41, 5.74) is 11.5. The molecule has 0 spiro atoms. The summed E-state index contributed by atoms with van der Waals surface area (Å²) in [6.07, 6.45) is 3.26. The van der Waals surface area contributed by atoms with E-state index in [0.717, 1.165) is 0 Å². The molecular weight excluding hydrogens is 328 g/mol. The number of carboxylic acids is 1. The second-order valence-electron chi connectivity index (χ2n) is 5.10. The summed E-state index contributed by atoms with van der Waals surface area (Å²) in [5, 5.41) is 13.9. The first-order chi connectivity index (χ1) is 11.8. The van der Waals surface area contributed by atoms with E-state index in [0.29, 0.717) is 24.4 Å². The minimum absolute atomic E-state index is 0.118. The van der Waals surface area contributed by atoms with Crippen molar-refractivity contribution in [3.8, 4) is 0 Å². The minimum Gasteiger partial charge on any atom is -0.480 e. The average Bonchev–Trinajstić information content (AvgIpc) is 3.05. The van der Waals surface area contributed by atoms with Gasteiger partial charge >= 0.3 is 5.97 Å². The van der Waals surface area contributed by atoms with E-state index in [-0.39, 0.29) is 31.2 Å². The van der Waals surface area contributed by atoms with Gasteiger partial charge in [0.25, 0.3) is 0 Å². The molecular formula is C15H26N6O4. The molecule has 0 aromatic carbocycles. The van der Waals surface area contributed by atoms with Gasteiger partial charge in [0.15, 0.2) is 0 Å². The van der Waals surface area contributed by atoms with Gasteiger partial charge in [0.2, 0.25) is 11.8 Å². The smallest absolute Gasteiger partial charge is 0.326 e. The van der Waals surface area contributed by atoms with Crippen LogP contribution in [0.5, 0.6) is 0 Å². The Morgan fingerprint density at radius 3 is 2.48 bits per heavy atom. The number of hydrogen-bond acceptors (Lipinski definition) is 6. The number of aromatic nitrogens is 2. The molecule has 1 aromatic rings. The van der Waals surface area contributed by atoms with E-state index < -0.39 is 12.0 Å². The maximum Gasteiger partial charge on any atom is 0.326 e. The summed E-state index contributed by atoms with van der Waals surface area (Å²) in [4.78, 5) is 39.3. The van der Waals surface area contributed by atoms with E-state index >= 15 is 0 Å². The van der Waals surface area contributed by atoms with Crippen molar-refractivity contribution in [2.24, 2.45) is 11.5 Å². The summed E-state index contributed by atoms with van der Waals surface area (Å²) < 4.78 is 0. The number of H-pyrrole nitrogens is 1. The Kier molecular flexibility index (Phi) is 11.3. The third-order valence-electron chi connectivity index (χ3n) is 2.80. The van der Waals surface area contributed by atoms with E-state index in [1.54, 1.807) is 6.92 Å². The molecule has 1 atom stereocenters. The molecule has 8 N–H and O–H groups in total. The van der Waals surface area contributed by atoms with Crippen LogP contribution >= 0.6 is 0 Å². The first-order valence-corrected chi connectivity index (χ1v) is 7.65. The van der Waals surface area contributed by atoms with Gasteiger partial charge in [-0.05, 0) is 6.92 Å². The quantitative estimate of drug-likeness (QED) is 0.292. The molecule has 0 saturated carbocycles. The zero-order valence-corrected chi connectivity index (χ0v) is 14.2. The van der Waals surface area contributed by atoms with Gasteiger partial charge < -0.3 is 32.2 Å². The molecule has 0 saturated heterocycles. The van der Waals surface area contributed by atoms with Crippen LogP contribution in [0.25, 0.3) is 0 Å². The van der Waals surface area contributed by atoms with Gasteiger partial charge in [0, 0.05) is 49.9 Å². The number of aliphatic carboxylic acids is 1. The maximum absolute atomic E-state index is 11.2. The van der Waals surface area contributed by atoms with Crippen LogP contribution in [-0.2, 0) is 20.8 Å². The van der Waals surface area contributed by atoms with E-state index in [1.807, 2.05) is 0 Å². The minimum atomic E-state index is -1.08. The van der Waals surface area contributed by atoms with Crippen molar-refractivity contribution < 1.29 is 19.5 Å². The lowest BCUT2D eigenvalue weighted by molar-refractivity contribution is -0.141. The Morgan fingerprint density at radius 1 is 1.36 bits per heavy atom. The molecule has 0 aliphatic carbocycles. The van der Waals surface area contributed by atoms with Crippen molar-refractivity contribution in [1.82, 2.24) is 20.6 Å². The maximum atomic E-state index is 11.2. The zero-order chi connectivity index (χ0) is 19.2. The van der Waals surface area contributed by atoms with Crippen molar-refractivity contribution in [1.29, 1.82) is 0 Å². The average molecular weight is 354 g/mol. The second kappa shape index (κ2) is 12.7. The standard InChI is InChI=1S/C9H14N4O3.C6H12N2O/c10-2-1-8(14)13-7(9(15)16)3-6-4-11-5-12-6;1-5(2)6(9)8-4-3-7/h4-5,7H,1-3,10H2,(H,11,12)(H,13,14)(H,15,16);1,3-4,7H2,2H3,(H,8,9). The number of carboxylic acid groups (broad SMARTS) is 1.